The van der Waals surface area contributed by atoms with Crippen molar-refractivity contribution in [3.63, 3.8) is 0 Å². The van der Waals surface area contributed by atoms with Gasteiger partial charge in [0.1, 0.15) is 17.1 Å². The van der Waals surface area contributed by atoms with Crippen molar-refractivity contribution in [1.29, 1.82) is 0 Å². The second kappa shape index (κ2) is 7.72. The van der Waals surface area contributed by atoms with E-state index in [4.69, 9.17) is 16.2 Å². The molecule has 1 aliphatic heterocycles. The standard InChI is InChI=1S/C19H22N8O/c1-28-14-11-12(3-2-8-27-9-6-22-7-10-27)4-5-13(14)17-23-15-16(20)24-19(21)26-18(15)25-17/h4-5,11,22H,6-10H2,1H3,(H5,20,21,23,24,25,26). The Morgan fingerprint density at radius 3 is 2.79 bits per heavy atom. The molecule has 0 amide bonds. The van der Waals surface area contributed by atoms with E-state index >= 15 is 0 Å². The molecule has 0 saturated carbocycles. The van der Waals surface area contributed by atoms with Crippen LogP contribution in [0.2, 0.25) is 0 Å². The summed E-state index contributed by atoms with van der Waals surface area (Å²) in [5, 5.41) is 3.34. The van der Waals surface area contributed by atoms with E-state index in [1.807, 2.05) is 18.2 Å². The van der Waals surface area contributed by atoms with E-state index in [1.165, 1.54) is 0 Å². The average Bonchev–Trinajstić information content (AvgIpc) is 3.13. The minimum atomic E-state index is 0.0881. The van der Waals surface area contributed by atoms with Crippen LogP contribution in [0.25, 0.3) is 22.6 Å². The number of nitrogens with one attached hydrogen (secondary N) is 2. The van der Waals surface area contributed by atoms with Gasteiger partial charge in [-0.25, -0.2) is 4.98 Å². The summed E-state index contributed by atoms with van der Waals surface area (Å²) in [7, 11) is 1.62. The first-order valence-electron chi connectivity index (χ1n) is 9.03. The number of aromatic nitrogens is 4. The van der Waals surface area contributed by atoms with Gasteiger partial charge in [0.2, 0.25) is 5.95 Å². The summed E-state index contributed by atoms with van der Waals surface area (Å²) in [6.07, 6.45) is 0. The van der Waals surface area contributed by atoms with Crippen LogP contribution in [0.5, 0.6) is 5.75 Å². The summed E-state index contributed by atoms with van der Waals surface area (Å²) in [6.45, 7) is 4.85. The number of anilines is 2. The van der Waals surface area contributed by atoms with Gasteiger partial charge in [-0.1, -0.05) is 11.8 Å². The number of H-pyrrole nitrogens is 1. The van der Waals surface area contributed by atoms with Gasteiger partial charge in [0.25, 0.3) is 0 Å². The summed E-state index contributed by atoms with van der Waals surface area (Å²) < 4.78 is 5.55. The molecule has 0 unspecified atom stereocenters. The summed E-state index contributed by atoms with van der Waals surface area (Å²) >= 11 is 0. The predicted molar refractivity (Wildman–Crippen MR) is 109 cm³/mol. The average molecular weight is 378 g/mol. The zero-order valence-electron chi connectivity index (χ0n) is 15.6. The second-order valence-corrected chi connectivity index (χ2v) is 6.49. The van der Waals surface area contributed by atoms with E-state index in [0.717, 1.165) is 43.9 Å². The number of piperazine rings is 1. The van der Waals surface area contributed by atoms with Crippen molar-refractivity contribution in [2.24, 2.45) is 0 Å². The Hall–Kier alpha value is -3.35. The molecule has 0 aliphatic carbocycles. The maximum Gasteiger partial charge on any atom is 0.224 e. The van der Waals surface area contributed by atoms with Crippen LogP contribution in [0.15, 0.2) is 18.2 Å². The maximum absolute atomic E-state index is 5.90. The van der Waals surface area contributed by atoms with Crippen molar-refractivity contribution in [1.82, 2.24) is 30.2 Å². The molecule has 28 heavy (non-hydrogen) atoms. The highest BCUT2D eigenvalue weighted by Crippen LogP contribution is 2.31. The van der Waals surface area contributed by atoms with E-state index in [9.17, 15) is 0 Å². The van der Waals surface area contributed by atoms with Crippen LogP contribution in [0.4, 0.5) is 11.8 Å². The van der Waals surface area contributed by atoms with Crippen LogP contribution in [0.1, 0.15) is 5.56 Å². The number of hydrogen-bond donors (Lipinski definition) is 4. The Balaban J connectivity index is 1.60. The van der Waals surface area contributed by atoms with Crippen molar-refractivity contribution in [2.45, 2.75) is 0 Å². The highest BCUT2D eigenvalue weighted by molar-refractivity contribution is 5.86. The first kappa shape index (κ1) is 18.0. The molecule has 0 radical (unpaired) electrons. The minimum Gasteiger partial charge on any atom is -0.496 e. The third kappa shape index (κ3) is 3.69. The third-order valence-corrected chi connectivity index (χ3v) is 4.60. The highest BCUT2D eigenvalue weighted by atomic mass is 16.5. The summed E-state index contributed by atoms with van der Waals surface area (Å²) in [4.78, 5) is 18.0. The Bertz CT molecular complexity index is 1060. The molecule has 6 N–H and O–H groups in total. The van der Waals surface area contributed by atoms with E-state index in [0.29, 0.717) is 22.7 Å². The van der Waals surface area contributed by atoms with Gasteiger partial charge in [0.05, 0.1) is 19.2 Å². The third-order valence-electron chi connectivity index (χ3n) is 4.60. The molecule has 0 bridgehead atoms. The fourth-order valence-corrected chi connectivity index (χ4v) is 3.15. The van der Waals surface area contributed by atoms with Gasteiger partial charge in [0.15, 0.2) is 11.5 Å². The Morgan fingerprint density at radius 1 is 1.18 bits per heavy atom. The summed E-state index contributed by atoms with van der Waals surface area (Å²) in [6, 6.07) is 5.76. The van der Waals surface area contributed by atoms with Gasteiger partial charge >= 0.3 is 0 Å². The summed E-state index contributed by atoms with van der Waals surface area (Å²) in [5.41, 5.74) is 14.2. The monoisotopic (exact) mass is 378 g/mol. The molecule has 3 heterocycles. The van der Waals surface area contributed by atoms with E-state index in [1.54, 1.807) is 7.11 Å². The number of fused-ring (bicyclic) bond motifs is 1. The number of methoxy groups -OCH3 is 1. The van der Waals surface area contributed by atoms with Crippen molar-refractivity contribution in [2.75, 3.05) is 51.3 Å². The molecule has 9 heteroatoms. The van der Waals surface area contributed by atoms with Gasteiger partial charge < -0.3 is 26.5 Å². The number of imidazole rings is 1. The van der Waals surface area contributed by atoms with Crippen LogP contribution >= 0.6 is 0 Å². The largest absolute Gasteiger partial charge is 0.496 e. The van der Waals surface area contributed by atoms with E-state index < -0.39 is 0 Å². The molecule has 2 aromatic heterocycles. The molecule has 1 fully saturated rings. The lowest BCUT2D eigenvalue weighted by molar-refractivity contribution is 0.268. The topological polar surface area (TPSA) is 131 Å². The van der Waals surface area contributed by atoms with E-state index in [2.05, 4.69) is 42.0 Å². The first-order chi connectivity index (χ1) is 13.6. The van der Waals surface area contributed by atoms with Crippen molar-refractivity contribution < 1.29 is 4.74 Å². The number of aromatic amines is 1. The predicted octanol–water partition coefficient (Wildman–Crippen LogP) is 0.450. The van der Waals surface area contributed by atoms with E-state index in [-0.39, 0.29) is 11.8 Å². The van der Waals surface area contributed by atoms with Gasteiger partial charge in [0, 0.05) is 31.7 Å². The zero-order chi connectivity index (χ0) is 19.5. The van der Waals surface area contributed by atoms with Crippen molar-refractivity contribution >= 4 is 22.9 Å². The molecule has 3 aromatic rings. The molecule has 1 saturated heterocycles. The van der Waals surface area contributed by atoms with Gasteiger partial charge in [-0.05, 0) is 18.2 Å². The number of rotatable bonds is 3. The lowest BCUT2D eigenvalue weighted by Gasteiger charge is -2.24. The number of benzene rings is 1. The van der Waals surface area contributed by atoms with Crippen LogP contribution in [-0.2, 0) is 0 Å². The maximum atomic E-state index is 5.90. The molecule has 1 aliphatic rings. The fraction of sp³-hybridized carbons (Fsp3) is 0.316. The molecule has 9 nitrogen and oxygen atoms in total. The zero-order valence-corrected chi connectivity index (χ0v) is 15.6. The molecule has 0 spiro atoms. The fourth-order valence-electron chi connectivity index (χ4n) is 3.15. The molecule has 0 atom stereocenters. The lowest BCUT2D eigenvalue weighted by atomic mass is 10.1. The minimum absolute atomic E-state index is 0.0881. The molecular weight excluding hydrogens is 356 g/mol. The van der Waals surface area contributed by atoms with Crippen molar-refractivity contribution in [3.05, 3.63) is 23.8 Å². The molecule has 4 rings (SSSR count). The van der Waals surface area contributed by atoms with Crippen LogP contribution in [0, 0.1) is 11.8 Å². The van der Waals surface area contributed by atoms with Crippen molar-refractivity contribution in [3.8, 4) is 29.0 Å². The smallest absolute Gasteiger partial charge is 0.224 e. The lowest BCUT2D eigenvalue weighted by Crippen LogP contribution is -2.43. The Labute approximate surface area is 162 Å². The molecular formula is C19H22N8O. The number of nitrogen functional groups attached to an aromatic ring is 2. The molecule has 144 valence electrons. The highest BCUT2D eigenvalue weighted by Gasteiger charge is 2.14. The first-order valence-corrected chi connectivity index (χ1v) is 9.03. The second-order valence-electron chi connectivity index (χ2n) is 6.49. The van der Waals surface area contributed by atoms with Gasteiger partial charge in [-0.2, -0.15) is 9.97 Å². The number of ether oxygens (including phenoxy) is 1. The van der Waals surface area contributed by atoms with Crippen LogP contribution in [0.3, 0.4) is 0 Å². The quantitative estimate of drug-likeness (QED) is 0.483. The molecule has 1 aromatic carbocycles. The Morgan fingerprint density at radius 2 is 2.00 bits per heavy atom. The normalized spacial score (nSPS) is 14.6. The van der Waals surface area contributed by atoms with Crippen LogP contribution in [-0.4, -0.2) is 64.7 Å². The summed E-state index contributed by atoms with van der Waals surface area (Å²) in [5.74, 6) is 8.03. The number of nitrogens with two attached hydrogens (primary N) is 2. The number of hydrogen-bond acceptors (Lipinski definition) is 8. The van der Waals surface area contributed by atoms with Crippen LogP contribution < -0.4 is 21.5 Å². The Kier molecular flexibility index (Phi) is 4.97. The van der Waals surface area contributed by atoms with Gasteiger partial charge in [-0.15, -0.1) is 0 Å². The SMILES string of the molecule is COc1cc(C#CCN2CCNCC2)ccc1-c1nc2nc(N)nc(N)c2[nH]1. The van der Waals surface area contributed by atoms with Gasteiger partial charge in [-0.3, -0.25) is 4.90 Å². The number of nitrogens with zero attached hydrogens (tertiary/aromatic N) is 4.